The van der Waals surface area contributed by atoms with Crippen LogP contribution in [0.5, 0.6) is 17.2 Å². The van der Waals surface area contributed by atoms with Gasteiger partial charge in [0, 0.05) is 30.7 Å². The smallest absolute Gasteiger partial charge is 0.260 e. The summed E-state index contributed by atoms with van der Waals surface area (Å²) in [5, 5.41) is 4.85. The third-order valence-corrected chi connectivity index (χ3v) is 6.33. The van der Waals surface area contributed by atoms with Crippen LogP contribution in [0.2, 0.25) is 0 Å². The first kappa shape index (κ1) is 23.1. The van der Waals surface area contributed by atoms with Crippen molar-refractivity contribution in [3.8, 4) is 28.4 Å². The van der Waals surface area contributed by atoms with Crippen molar-refractivity contribution in [3.05, 3.63) is 47.1 Å². The van der Waals surface area contributed by atoms with Gasteiger partial charge in [0.05, 0.1) is 26.2 Å². The highest BCUT2D eigenvalue weighted by Gasteiger charge is 2.20. The van der Waals surface area contributed by atoms with Crippen LogP contribution in [0, 0.1) is 5.92 Å². The van der Waals surface area contributed by atoms with Crippen LogP contribution in [0.4, 0.5) is 0 Å². The van der Waals surface area contributed by atoms with Crippen molar-refractivity contribution in [1.29, 1.82) is 0 Å². The molecule has 0 radical (unpaired) electrons. The number of methoxy groups -OCH3 is 2. The van der Waals surface area contributed by atoms with Crippen LogP contribution in [0.15, 0.2) is 41.6 Å². The third kappa shape index (κ3) is 4.98. The molecule has 3 aromatic rings. The molecule has 0 spiro atoms. The van der Waals surface area contributed by atoms with Gasteiger partial charge >= 0.3 is 0 Å². The highest BCUT2D eigenvalue weighted by Crippen LogP contribution is 2.43. The van der Waals surface area contributed by atoms with E-state index in [-0.39, 0.29) is 5.56 Å². The summed E-state index contributed by atoms with van der Waals surface area (Å²) in [6.07, 6.45) is 9.44. The average Bonchev–Trinajstić information content (AvgIpc) is 2.87. The maximum Gasteiger partial charge on any atom is 0.260 e. The number of aryl methyl sites for hydroxylation is 1. The summed E-state index contributed by atoms with van der Waals surface area (Å²) in [4.78, 5) is 17.2. The van der Waals surface area contributed by atoms with Crippen molar-refractivity contribution in [2.24, 2.45) is 5.92 Å². The van der Waals surface area contributed by atoms with E-state index >= 15 is 0 Å². The van der Waals surface area contributed by atoms with E-state index in [0.29, 0.717) is 41.7 Å². The molecule has 1 N–H and O–H groups in total. The van der Waals surface area contributed by atoms with Gasteiger partial charge in [-0.25, -0.2) is 0 Å². The Labute approximate surface area is 194 Å². The number of ether oxygens (including phenoxy) is 3. The lowest BCUT2D eigenvalue weighted by molar-refractivity contribution is 0.201. The van der Waals surface area contributed by atoms with Crippen molar-refractivity contribution in [1.82, 2.24) is 14.9 Å². The second kappa shape index (κ2) is 10.7. The molecule has 1 aromatic carbocycles. The van der Waals surface area contributed by atoms with Crippen molar-refractivity contribution >= 4 is 10.8 Å². The molecule has 1 aliphatic rings. The molecule has 3 heterocycles. The van der Waals surface area contributed by atoms with E-state index in [2.05, 4.69) is 17.2 Å². The summed E-state index contributed by atoms with van der Waals surface area (Å²) in [5.41, 5.74) is 1.82. The quantitative estimate of drug-likeness (QED) is 0.524. The van der Waals surface area contributed by atoms with Gasteiger partial charge < -0.3 is 24.1 Å². The van der Waals surface area contributed by atoms with E-state index in [9.17, 15) is 4.79 Å². The Morgan fingerprint density at radius 1 is 1.12 bits per heavy atom. The predicted octanol–water partition coefficient (Wildman–Crippen LogP) is 4.26. The molecule has 0 amide bonds. The number of benzene rings is 1. The van der Waals surface area contributed by atoms with E-state index < -0.39 is 0 Å². The summed E-state index contributed by atoms with van der Waals surface area (Å²) >= 11 is 0. The van der Waals surface area contributed by atoms with Gasteiger partial charge in [-0.05, 0) is 67.4 Å². The van der Waals surface area contributed by atoms with E-state index in [1.165, 1.54) is 0 Å². The van der Waals surface area contributed by atoms with Gasteiger partial charge in [-0.15, -0.1) is 0 Å². The zero-order chi connectivity index (χ0) is 23.2. The summed E-state index contributed by atoms with van der Waals surface area (Å²) in [5.74, 6) is 2.37. The fraction of sp³-hybridized carbons (Fsp3) is 0.462. The van der Waals surface area contributed by atoms with E-state index in [1.807, 2.05) is 24.4 Å². The first-order valence-corrected chi connectivity index (χ1v) is 11.7. The van der Waals surface area contributed by atoms with Crippen LogP contribution in [0.25, 0.3) is 21.9 Å². The van der Waals surface area contributed by atoms with Gasteiger partial charge in [-0.3, -0.25) is 9.78 Å². The largest absolute Gasteiger partial charge is 0.493 e. The summed E-state index contributed by atoms with van der Waals surface area (Å²) in [6.45, 7) is 5.46. The molecular weight excluding hydrogens is 418 g/mol. The normalized spacial score (nSPS) is 14.4. The van der Waals surface area contributed by atoms with Crippen LogP contribution in [0.1, 0.15) is 32.6 Å². The van der Waals surface area contributed by atoms with Gasteiger partial charge in [-0.1, -0.05) is 13.3 Å². The van der Waals surface area contributed by atoms with E-state index in [0.717, 1.165) is 55.3 Å². The number of nitrogens with one attached hydrogen (secondary N) is 1. The molecule has 7 heteroatoms. The number of unbranched alkanes of at least 4 members (excludes halogenated alkanes) is 1. The third-order valence-electron chi connectivity index (χ3n) is 6.33. The summed E-state index contributed by atoms with van der Waals surface area (Å²) in [6, 6.07) is 5.81. The van der Waals surface area contributed by atoms with Crippen molar-refractivity contribution < 1.29 is 14.2 Å². The molecule has 0 bridgehead atoms. The number of pyridine rings is 2. The molecule has 1 aliphatic heterocycles. The molecule has 33 heavy (non-hydrogen) atoms. The number of fused-ring (bicyclic) bond motifs is 1. The minimum absolute atomic E-state index is 0.0174. The molecule has 0 aliphatic carbocycles. The van der Waals surface area contributed by atoms with Crippen LogP contribution >= 0.6 is 0 Å². The number of aromatic nitrogens is 2. The highest BCUT2D eigenvalue weighted by molar-refractivity contribution is 5.96. The lowest BCUT2D eigenvalue weighted by Crippen LogP contribution is -2.30. The van der Waals surface area contributed by atoms with E-state index in [4.69, 9.17) is 14.2 Å². The second-order valence-corrected chi connectivity index (χ2v) is 8.53. The monoisotopic (exact) mass is 451 g/mol. The number of nitrogens with zero attached hydrogens (tertiary/aromatic N) is 2. The molecule has 4 rings (SSSR count). The van der Waals surface area contributed by atoms with Gasteiger partial charge in [-0.2, -0.15) is 0 Å². The fourth-order valence-electron chi connectivity index (χ4n) is 4.39. The number of rotatable bonds is 9. The van der Waals surface area contributed by atoms with Crippen LogP contribution < -0.4 is 25.1 Å². The standard InChI is InChI=1S/C26H33N3O4/c1-4-5-12-29-16-22(20-8-11-28-15-21(20)26(29)30)19-13-23(31-2)25(24(14-19)32-3)33-17-18-6-9-27-10-7-18/h8,11,13-16,18,27H,4-7,9-10,12,17H2,1-3H3. The molecule has 2 aromatic heterocycles. The summed E-state index contributed by atoms with van der Waals surface area (Å²) in [7, 11) is 3.28. The van der Waals surface area contributed by atoms with Crippen molar-refractivity contribution in [3.63, 3.8) is 0 Å². The number of hydrogen-bond acceptors (Lipinski definition) is 6. The molecule has 176 valence electrons. The molecule has 0 unspecified atom stereocenters. The van der Waals surface area contributed by atoms with E-state index in [1.54, 1.807) is 31.2 Å². The summed E-state index contributed by atoms with van der Waals surface area (Å²) < 4.78 is 19.4. The maximum absolute atomic E-state index is 13.0. The Hall–Kier alpha value is -3.06. The lowest BCUT2D eigenvalue weighted by atomic mass is 9.99. The molecule has 7 nitrogen and oxygen atoms in total. The molecule has 1 fully saturated rings. The maximum atomic E-state index is 13.0. The molecule has 0 atom stereocenters. The van der Waals surface area contributed by atoms with Crippen LogP contribution in [-0.2, 0) is 6.54 Å². The topological polar surface area (TPSA) is 74.6 Å². The Balaban J connectivity index is 1.77. The van der Waals surface area contributed by atoms with Gasteiger partial charge in [0.1, 0.15) is 0 Å². The average molecular weight is 452 g/mol. The van der Waals surface area contributed by atoms with Gasteiger partial charge in [0.15, 0.2) is 11.5 Å². The second-order valence-electron chi connectivity index (χ2n) is 8.53. The number of piperidine rings is 1. The van der Waals surface area contributed by atoms with Gasteiger partial charge in [0.2, 0.25) is 5.75 Å². The Bertz CT molecular complexity index is 1130. The minimum atomic E-state index is -0.0174. The first-order chi connectivity index (χ1) is 16.2. The molecule has 1 saturated heterocycles. The predicted molar refractivity (Wildman–Crippen MR) is 131 cm³/mol. The Morgan fingerprint density at radius 3 is 2.52 bits per heavy atom. The SMILES string of the molecule is CCCCn1cc(-c2cc(OC)c(OCC3CCNCC3)c(OC)c2)c2ccncc2c1=O. The molecular formula is C26H33N3O4. The minimum Gasteiger partial charge on any atom is -0.493 e. The van der Waals surface area contributed by atoms with Crippen molar-refractivity contribution in [2.75, 3.05) is 33.9 Å². The lowest BCUT2D eigenvalue weighted by Gasteiger charge is -2.24. The number of hydrogen-bond donors (Lipinski definition) is 1. The molecule has 0 saturated carbocycles. The fourth-order valence-corrected chi connectivity index (χ4v) is 4.39. The Morgan fingerprint density at radius 2 is 1.85 bits per heavy atom. The Kier molecular flexibility index (Phi) is 7.50. The first-order valence-electron chi connectivity index (χ1n) is 11.7. The zero-order valence-electron chi connectivity index (χ0n) is 19.7. The van der Waals surface area contributed by atoms with Crippen LogP contribution in [-0.4, -0.2) is 43.5 Å². The zero-order valence-corrected chi connectivity index (χ0v) is 19.7. The highest BCUT2D eigenvalue weighted by atomic mass is 16.5. The van der Waals surface area contributed by atoms with Crippen molar-refractivity contribution in [2.45, 2.75) is 39.2 Å². The van der Waals surface area contributed by atoms with Crippen LogP contribution in [0.3, 0.4) is 0 Å². The van der Waals surface area contributed by atoms with Gasteiger partial charge in [0.25, 0.3) is 5.56 Å².